The summed E-state index contributed by atoms with van der Waals surface area (Å²) in [5, 5.41) is 1.99. The summed E-state index contributed by atoms with van der Waals surface area (Å²) in [7, 11) is 2.72. The zero-order chi connectivity index (χ0) is 18.3. The molecule has 0 radical (unpaired) electrons. The molecular formula is C20H16N2O4. The molecule has 4 rings (SSSR count). The third-order valence-corrected chi connectivity index (χ3v) is 4.50. The van der Waals surface area contributed by atoms with E-state index in [0.717, 1.165) is 32.9 Å². The number of fused-ring (bicyclic) bond motifs is 2. The number of nitrogens with one attached hydrogen (secondary N) is 2. The molecule has 6 heteroatoms. The van der Waals surface area contributed by atoms with Crippen LogP contribution in [0, 0.1) is 0 Å². The summed E-state index contributed by atoms with van der Waals surface area (Å²) in [5.41, 5.74) is 4.71. The molecule has 2 aromatic carbocycles. The van der Waals surface area contributed by atoms with Gasteiger partial charge >= 0.3 is 11.9 Å². The molecule has 0 spiro atoms. The highest BCUT2D eigenvalue weighted by molar-refractivity contribution is 6.07. The van der Waals surface area contributed by atoms with Crippen molar-refractivity contribution in [3.05, 3.63) is 59.9 Å². The van der Waals surface area contributed by atoms with Crippen LogP contribution in [0.25, 0.3) is 32.9 Å². The van der Waals surface area contributed by atoms with Gasteiger partial charge in [-0.25, -0.2) is 9.59 Å². The molecule has 0 unspecified atom stereocenters. The second-order valence-electron chi connectivity index (χ2n) is 5.91. The van der Waals surface area contributed by atoms with E-state index in [1.165, 1.54) is 14.2 Å². The van der Waals surface area contributed by atoms with E-state index in [-0.39, 0.29) is 11.9 Å². The van der Waals surface area contributed by atoms with Crippen molar-refractivity contribution < 1.29 is 19.1 Å². The molecule has 0 bridgehead atoms. The Morgan fingerprint density at radius 3 is 1.54 bits per heavy atom. The van der Waals surface area contributed by atoms with E-state index in [4.69, 9.17) is 9.47 Å². The molecule has 0 aliphatic carbocycles. The van der Waals surface area contributed by atoms with Crippen molar-refractivity contribution in [1.82, 2.24) is 9.97 Å². The Kier molecular flexibility index (Phi) is 3.73. The quantitative estimate of drug-likeness (QED) is 0.550. The molecule has 0 fully saturated rings. The predicted molar refractivity (Wildman–Crippen MR) is 98.3 cm³/mol. The fraction of sp³-hybridized carbons (Fsp3) is 0.100. The van der Waals surface area contributed by atoms with E-state index < -0.39 is 0 Å². The lowest BCUT2D eigenvalue weighted by molar-refractivity contribution is 0.0592. The average Bonchev–Trinajstić information content (AvgIpc) is 3.29. The van der Waals surface area contributed by atoms with Crippen LogP contribution in [-0.4, -0.2) is 36.1 Å². The average molecular weight is 348 g/mol. The Labute approximate surface area is 148 Å². The fourth-order valence-corrected chi connectivity index (χ4v) is 3.19. The second kappa shape index (κ2) is 6.07. The van der Waals surface area contributed by atoms with Crippen molar-refractivity contribution in [2.24, 2.45) is 0 Å². The van der Waals surface area contributed by atoms with Crippen molar-refractivity contribution in [3.63, 3.8) is 0 Å². The molecule has 0 aliphatic rings. The maximum absolute atomic E-state index is 11.7. The minimum absolute atomic E-state index is 0.370. The number of carbonyl (C=O) groups is 2. The van der Waals surface area contributed by atoms with Crippen LogP contribution in [0.4, 0.5) is 0 Å². The molecule has 0 saturated carbocycles. The molecule has 2 aromatic heterocycles. The van der Waals surface area contributed by atoms with Crippen LogP contribution in [0.2, 0.25) is 0 Å². The van der Waals surface area contributed by atoms with E-state index in [1.807, 2.05) is 24.5 Å². The second-order valence-corrected chi connectivity index (χ2v) is 5.91. The molecule has 0 saturated heterocycles. The van der Waals surface area contributed by atoms with Gasteiger partial charge in [-0.2, -0.15) is 0 Å². The lowest BCUT2D eigenvalue weighted by Crippen LogP contribution is -2.00. The highest BCUT2D eigenvalue weighted by Crippen LogP contribution is 2.34. The number of esters is 2. The normalized spacial score (nSPS) is 11.0. The SMILES string of the molecule is COC(=O)c1ccc2c(-c3c[nH]c4cc(C(=O)OC)ccc34)c[nH]c2c1. The molecule has 4 aromatic rings. The monoisotopic (exact) mass is 348 g/mol. The first-order valence-electron chi connectivity index (χ1n) is 8.01. The van der Waals surface area contributed by atoms with Gasteiger partial charge in [0.25, 0.3) is 0 Å². The number of hydrogen-bond acceptors (Lipinski definition) is 4. The van der Waals surface area contributed by atoms with E-state index in [9.17, 15) is 9.59 Å². The number of hydrogen-bond donors (Lipinski definition) is 2. The predicted octanol–water partition coefficient (Wildman–Crippen LogP) is 3.89. The summed E-state index contributed by atoms with van der Waals surface area (Å²) in [5.74, 6) is -0.740. The third-order valence-electron chi connectivity index (χ3n) is 4.50. The lowest BCUT2D eigenvalue weighted by Gasteiger charge is -2.02. The Morgan fingerprint density at radius 1 is 0.731 bits per heavy atom. The van der Waals surface area contributed by atoms with E-state index in [1.54, 1.807) is 24.3 Å². The zero-order valence-corrected chi connectivity index (χ0v) is 14.3. The van der Waals surface area contributed by atoms with Gasteiger partial charge in [0, 0.05) is 45.3 Å². The van der Waals surface area contributed by atoms with Gasteiger partial charge in [0.15, 0.2) is 0 Å². The lowest BCUT2D eigenvalue weighted by atomic mass is 10.0. The molecule has 0 aliphatic heterocycles. The maximum Gasteiger partial charge on any atom is 0.337 e. The Balaban J connectivity index is 1.82. The van der Waals surface area contributed by atoms with Crippen molar-refractivity contribution in [1.29, 1.82) is 0 Å². The van der Waals surface area contributed by atoms with E-state index in [0.29, 0.717) is 11.1 Å². The topological polar surface area (TPSA) is 84.2 Å². The van der Waals surface area contributed by atoms with Crippen molar-refractivity contribution >= 4 is 33.7 Å². The maximum atomic E-state index is 11.7. The number of methoxy groups -OCH3 is 2. The zero-order valence-electron chi connectivity index (χ0n) is 14.3. The fourth-order valence-electron chi connectivity index (χ4n) is 3.19. The van der Waals surface area contributed by atoms with Crippen LogP contribution in [0.5, 0.6) is 0 Å². The first-order valence-corrected chi connectivity index (χ1v) is 8.01. The Hall–Kier alpha value is -3.54. The summed E-state index contributed by atoms with van der Waals surface area (Å²) in [6, 6.07) is 10.8. The molecule has 2 N–H and O–H groups in total. The number of carbonyl (C=O) groups excluding carboxylic acids is 2. The molecule has 6 nitrogen and oxygen atoms in total. The number of aromatic nitrogens is 2. The van der Waals surface area contributed by atoms with Crippen molar-refractivity contribution in [2.45, 2.75) is 0 Å². The summed E-state index contributed by atoms with van der Waals surface area (Å²) in [6.45, 7) is 0. The van der Waals surface area contributed by atoms with Gasteiger partial charge in [-0.05, 0) is 24.3 Å². The number of ether oxygens (including phenoxy) is 2. The Bertz CT molecular complexity index is 1060. The van der Waals surface area contributed by atoms with Crippen molar-refractivity contribution in [2.75, 3.05) is 14.2 Å². The van der Waals surface area contributed by atoms with Crippen LogP contribution < -0.4 is 0 Å². The van der Waals surface area contributed by atoms with Gasteiger partial charge in [-0.15, -0.1) is 0 Å². The standard InChI is InChI=1S/C20H16N2O4/c1-25-19(23)11-3-5-13-15(9-21-17(13)7-11)16-10-22-18-8-12(20(24)26-2)4-6-14(16)18/h3-10,21-22H,1-2H3. The van der Waals surface area contributed by atoms with Crippen LogP contribution in [0.3, 0.4) is 0 Å². The molecule has 0 atom stereocenters. The molecule has 2 heterocycles. The first kappa shape index (κ1) is 16.0. The van der Waals surface area contributed by atoms with Crippen LogP contribution in [0.1, 0.15) is 20.7 Å². The van der Waals surface area contributed by atoms with Gasteiger partial charge in [0.2, 0.25) is 0 Å². The van der Waals surface area contributed by atoms with Crippen molar-refractivity contribution in [3.8, 4) is 11.1 Å². The molecule has 0 amide bonds. The number of rotatable bonds is 3. The van der Waals surface area contributed by atoms with Gasteiger partial charge in [0.05, 0.1) is 25.3 Å². The summed E-state index contributed by atoms with van der Waals surface area (Å²) in [6.07, 6.45) is 3.81. The molecular weight excluding hydrogens is 332 g/mol. The highest BCUT2D eigenvalue weighted by atomic mass is 16.5. The molecule has 130 valence electrons. The largest absolute Gasteiger partial charge is 0.465 e. The summed E-state index contributed by atoms with van der Waals surface area (Å²) in [4.78, 5) is 29.8. The number of benzene rings is 2. The van der Waals surface area contributed by atoms with Gasteiger partial charge < -0.3 is 19.4 Å². The minimum Gasteiger partial charge on any atom is -0.465 e. The van der Waals surface area contributed by atoms with Gasteiger partial charge in [-0.1, -0.05) is 12.1 Å². The highest BCUT2D eigenvalue weighted by Gasteiger charge is 2.15. The first-order chi connectivity index (χ1) is 12.6. The third kappa shape index (κ3) is 2.43. The van der Waals surface area contributed by atoms with Crippen LogP contribution in [-0.2, 0) is 9.47 Å². The smallest absolute Gasteiger partial charge is 0.337 e. The minimum atomic E-state index is -0.370. The Morgan fingerprint density at radius 2 is 1.15 bits per heavy atom. The van der Waals surface area contributed by atoms with E-state index in [2.05, 4.69) is 9.97 Å². The van der Waals surface area contributed by atoms with Crippen LogP contribution in [0.15, 0.2) is 48.8 Å². The van der Waals surface area contributed by atoms with Gasteiger partial charge in [0.1, 0.15) is 0 Å². The van der Waals surface area contributed by atoms with E-state index >= 15 is 0 Å². The molecule has 26 heavy (non-hydrogen) atoms. The summed E-state index contributed by atoms with van der Waals surface area (Å²) >= 11 is 0. The van der Waals surface area contributed by atoms with Crippen LogP contribution >= 0.6 is 0 Å². The number of H-pyrrole nitrogens is 2. The van der Waals surface area contributed by atoms with Gasteiger partial charge in [-0.3, -0.25) is 0 Å². The summed E-state index contributed by atoms with van der Waals surface area (Å²) < 4.78 is 9.53. The number of aromatic amines is 2.